The standard InChI is InChI=1S/C66H48N2O2/c1-9-33-65(34-10-2)53-23-19-17-21-47(53)49-29-25-43(39-55(49)65)59-61-51-41-45(69-37-13-5)27-31-57(51)68(16-8)64(61)60(62-52-42-46(70-38-14-6)28-32-58(52)67(15-7)63(59)62)44-26-30-50-48-22-18-20-24-54(48)66(35-11-3,36-12-4)56(50)40-44/h1-6,17-32,39-42H,15-16,33-38H2,7-8H3. The smallest absolute Gasteiger partial charge is 0.148 e. The number of fused-ring (bicyclic) bond motifs is 12. The Hall–Kier alpha value is -8.90. The van der Waals surface area contributed by atoms with Gasteiger partial charge in [0.1, 0.15) is 24.7 Å². The normalized spacial score (nSPS) is 13.3. The van der Waals surface area contributed by atoms with Crippen LogP contribution in [0.5, 0.6) is 11.5 Å². The van der Waals surface area contributed by atoms with E-state index in [0.717, 1.165) is 110 Å². The SMILES string of the molecule is C#CCOc1ccc2c(c1)c1c(-c3ccc4c(c3)C(CC#C)(CC#C)c3ccccc3-4)c3c(c(-c4ccc5c(c4)C(CC#C)(CC#C)c4ccccc4-5)c1n2CC)c1cc(OCC#C)ccc1n3CC. The maximum absolute atomic E-state index is 6.28. The van der Waals surface area contributed by atoms with Gasteiger partial charge < -0.3 is 18.6 Å². The van der Waals surface area contributed by atoms with Crippen LogP contribution in [0, 0.1) is 74.1 Å². The Morgan fingerprint density at radius 2 is 0.814 bits per heavy atom. The van der Waals surface area contributed by atoms with Gasteiger partial charge in [-0.05, 0) is 118 Å². The molecule has 4 heteroatoms. The molecule has 0 saturated heterocycles. The lowest BCUT2D eigenvalue weighted by molar-refractivity contribution is 0.371. The van der Waals surface area contributed by atoms with Crippen molar-refractivity contribution in [2.45, 2.75) is 63.5 Å². The molecule has 0 N–H and O–H groups in total. The van der Waals surface area contributed by atoms with E-state index in [0.29, 0.717) is 50.3 Å². The van der Waals surface area contributed by atoms with E-state index in [2.05, 4.69) is 168 Å². The first-order valence-corrected chi connectivity index (χ1v) is 23.8. The molecule has 2 aliphatic carbocycles. The number of hydrogen-bond donors (Lipinski definition) is 0. The van der Waals surface area contributed by atoms with Crippen LogP contribution in [0.15, 0.2) is 121 Å². The second-order valence-corrected chi connectivity index (χ2v) is 18.3. The van der Waals surface area contributed by atoms with E-state index >= 15 is 0 Å². The van der Waals surface area contributed by atoms with Crippen molar-refractivity contribution in [3.8, 4) is 130 Å². The van der Waals surface area contributed by atoms with E-state index in [4.69, 9.17) is 48.0 Å². The highest BCUT2D eigenvalue weighted by Gasteiger charge is 2.44. The molecule has 11 rings (SSSR count). The molecule has 0 amide bonds. The number of aryl methyl sites for hydroxylation is 2. The third-order valence-corrected chi connectivity index (χ3v) is 15.0. The van der Waals surface area contributed by atoms with Gasteiger partial charge >= 0.3 is 0 Å². The molecular formula is C66H48N2O2. The van der Waals surface area contributed by atoms with Crippen LogP contribution in [0.3, 0.4) is 0 Å². The van der Waals surface area contributed by atoms with E-state index in [-0.39, 0.29) is 13.2 Å². The van der Waals surface area contributed by atoms with Crippen LogP contribution >= 0.6 is 0 Å². The van der Waals surface area contributed by atoms with Gasteiger partial charge in [-0.25, -0.2) is 0 Å². The number of aromatic nitrogens is 2. The first-order valence-electron chi connectivity index (χ1n) is 23.8. The molecule has 0 radical (unpaired) electrons. The van der Waals surface area contributed by atoms with Crippen molar-refractivity contribution in [2.24, 2.45) is 0 Å². The molecule has 9 aromatic rings. The summed E-state index contributed by atoms with van der Waals surface area (Å²) in [7, 11) is 0. The van der Waals surface area contributed by atoms with Crippen molar-refractivity contribution in [1.29, 1.82) is 0 Å². The number of nitrogens with zero attached hydrogens (tertiary/aromatic N) is 2. The van der Waals surface area contributed by atoms with E-state index in [9.17, 15) is 0 Å². The second kappa shape index (κ2) is 17.0. The van der Waals surface area contributed by atoms with Gasteiger partial charge in [0.2, 0.25) is 0 Å². The van der Waals surface area contributed by atoms with Crippen LogP contribution in [-0.4, -0.2) is 22.3 Å². The summed E-state index contributed by atoms with van der Waals surface area (Å²) in [5.74, 6) is 18.9. The molecule has 0 fully saturated rings. The fourth-order valence-corrected chi connectivity index (χ4v) is 12.4. The number of hydrogen-bond acceptors (Lipinski definition) is 2. The summed E-state index contributed by atoms with van der Waals surface area (Å²) in [5.41, 5.74) is 16.6. The second-order valence-electron chi connectivity index (χ2n) is 18.3. The quantitative estimate of drug-likeness (QED) is 0.114. The molecule has 0 aliphatic heterocycles. The summed E-state index contributed by atoms with van der Waals surface area (Å²) in [6.07, 6.45) is 38.5. The van der Waals surface area contributed by atoms with E-state index in [1.165, 1.54) is 0 Å². The Balaban J connectivity index is 1.36. The topological polar surface area (TPSA) is 28.3 Å². The summed E-state index contributed by atoms with van der Waals surface area (Å²) in [6, 6.07) is 43.6. The highest BCUT2D eigenvalue weighted by Crippen LogP contribution is 2.58. The Labute approximate surface area is 410 Å². The van der Waals surface area contributed by atoms with Crippen LogP contribution in [0.25, 0.3) is 88.1 Å². The molecule has 0 spiro atoms. The van der Waals surface area contributed by atoms with Crippen LogP contribution in [0.4, 0.5) is 0 Å². The molecule has 7 aromatic carbocycles. The Bertz CT molecular complexity index is 3670. The third kappa shape index (κ3) is 6.08. The molecule has 0 saturated carbocycles. The number of terminal acetylenes is 6. The zero-order chi connectivity index (χ0) is 48.3. The van der Waals surface area contributed by atoms with E-state index < -0.39 is 10.8 Å². The molecule has 2 aromatic heterocycles. The molecule has 0 atom stereocenters. The minimum Gasteiger partial charge on any atom is -0.481 e. The molecule has 2 aliphatic rings. The zero-order valence-corrected chi connectivity index (χ0v) is 39.4. The third-order valence-electron chi connectivity index (χ3n) is 15.0. The maximum Gasteiger partial charge on any atom is 0.148 e. The molecule has 0 bridgehead atoms. The van der Waals surface area contributed by atoms with Crippen molar-refractivity contribution < 1.29 is 9.47 Å². The lowest BCUT2D eigenvalue weighted by Crippen LogP contribution is -2.24. The number of benzene rings is 7. The first kappa shape index (κ1) is 43.7. The molecular weight excluding hydrogens is 853 g/mol. The summed E-state index contributed by atoms with van der Waals surface area (Å²) in [6.45, 7) is 6.05. The monoisotopic (exact) mass is 900 g/mol. The molecule has 4 nitrogen and oxygen atoms in total. The predicted octanol–water partition coefficient (Wildman–Crippen LogP) is 13.9. The van der Waals surface area contributed by atoms with Gasteiger partial charge in [-0.3, -0.25) is 0 Å². The van der Waals surface area contributed by atoms with E-state index in [1.54, 1.807) is 0 Å². The molecule has 2 heterocycles. The average Bonchev–Trinajstić information content (AvgIpc) is 4.06. The maximum atomic E-state index is 6.28. The van der Waals surface area contributed by atoms with Crippen molar-refractivity contribution >= 4 is 43.6 Å². The molecule has 70 heavy (non-hydrogen) atoms. The predicted molar refractivity (Wildman–Crippen MR) is 290 cm³/mol. The summed E-state index contributed by atoms with van der Waals surface area (Å²) >= 11 is 0. The first-order chi connectivity index (χ1) is 34.4. The minimum atomic E-state index is -0.580. The van der Waals surface area contributed by atoms with Crippen molar-refractivity contribution in [2.75, 3.05) is 13.2 Å². The highest BCUT2D eigenvalue weighted by atomic mass is 16.5. The van der Waals surface area contributed by atoms with Gasteiger partial charge in [-0.1, -0.05) is 84.6 Å². The van der Waals surface area contributed by atoms with Crippen molar-refractivity contribution in [3.05, 3.63) is 144 Å². The fraction of sp³-hybridized carbons (Fsp3) is 0.182. The lowest BCUT2D eigenvalue weighted by Gasteiger charge is -2.29. The Morgan fingerprint density at radius 3 is 1.19 bits per heavy atom. The van der Waals surface area contributed by atoms with Crippen LogP contribution in [0.1, 0.15) is 61.8 Å². The molecule has 334 valence electrons. The lowest BCUT2D eigenvalue weighted by atomic mass is 9.72. The largest absolute Gasteiger partial charge is 0.481 e. The number of ether oxygens (including phenoxy) is 2. The van der Waals surface area contributed by atoms with Crippen LogP contribution < -0.4 is 9.47 Å². The fourth-order valence-electron chi connectivity index (χ4n) is 12.4. The summed E-state index contributed by atoms with van der Waals surface area (Å²) in [4.78, 5) is 0. The van der Waals surface area contributed by atoms with Gasteiger partial charge in [0.05, 0.1) is 11.0 Å². The minimum absolute atomic E-state index is 0.140. The zero-order valence-electron chi connectivity index (χ0n) is 39.4. The van der Waals surface area contributed by atoms with Gasteiger partial charge in [0, 0.05) is 93.3 Å². The van der Waals surface area contributed by atoms with Crippen molar-refractivity contribution in [3.63, 3.8) is 0 Å². The van der Waals surface area contributed by atoms with Gasteiger partial charge in [-0.15, -0.1) is 62.2 Å². The van der Waals surface area contributed by atoms with E-state index in [1.807, 2.05) is 12.1 Å². The van der Waals surface area contributed by atoms with Crippen LogP contribution in [-0.2, 0) is 23.9 Å². The van der Waals surface area contributed by atoms with Gasteiger partial charge in [0.15, 0.2) is 0 Å². The van der Waals surface area contributed by atoms with Gasteiger partial charge in [0.25, 0.3) is 0 Å². The summed E-state index contributed by atoms with van der Waals surface area (Å²) < 4.78 is 17.3. The van der Waals surface area contributed by atoms with Crippen molar-refractivity contribution in [1.82, 2.24) is 9.13 Å². The van der Waals surface area contributed by atoms with Gasteiger partial charge in [-0.2, -0.15) is 0 Å². The summed E-state index contributed by atoms with van der Waals surface area (Å²) in [5, 5.41) is 4.26. The Kier molecular flexibility index (Phi) is 10.6. The Morgan fingerprint density at radius 1 is 0.429 bits per heavy atom. The molecule has 0 unspecified atom stereocenters. The average molecular weight is 901 g/mol. The highest BCUT2D eigenvalue weighted by molar-refractivity contribution is 6.32. The van der Waals surface area contributed by atoms with Crippen LogP contribution in [0.2, 0.25) is 0 Å². The number of rotatable bonds is 12.